The molecule has 3 rings (SSSR count). The summed E-state index contributed by atoms with van der Waals surface area (Å²) in [6.45, 7) is 5.44. The van der Waals surface area contributed by atoms with E-state index in [0.717, 1.165) is 42.1 Å². The second kappa shape index (κ2) is 6.55. The van der Waals surface area contributed by atoms with Crippen molar-refractivity contribution < 1.29 is 9.53 Å². The Balaban J connectivity index is 1.68. The van der Waals surface area contributed by atoms with Crippen molar-refractivity contribution in [2.75, 3.05) is 25.5 Å². The lowest BCUT2D eigenvalue weighted by Gasteiger charge is -2.19. The molecule has 0 aliphatic carbocycles. The Morgan fingerprint density at radius 3 is 2.83 bits per heavy atom. The minimum atomic E-state index is -0.0598. The second-order valence-corrected chi connectivity index (χ2v) is 6.40. The summed E-state index contributed by atoms with van der Waals surface area (Å²) in [5.41, 5.74) is 4.01. The van der Waals surface area contributed by atoms with Gasteiger partial charge in [-0.3, -0.25) is 4.68 Å². The van der Waals surface area contributed by atoms with Crippen LogP contribution >= 0.6 is 0 Å². The SMILES string of the molecule is COc1c(C)ccc(NC(=O)N2CC[C@H](c3cnn(C)c3)C2)c1C. The smallest absolute Gasteiger partial charge is 0.321 e. The van der Waals surface area contributed by atoms with Gasteiger partial charge in [0.2, 0.25) is 0 Å². The Labute approximate surface area is 142 Å². The average Bonchev–Trinajstić information content (AvgIpc) is 3.19. The molecule has 0 bridgehead atoms. The Bertz CT molecular complexity index is 753. The molecule has 1 saturated heterocycles. The molecule has 0 radical (unpaired) electrons. The minimum absolute atomic E-state index is 0.0598. The van der Waals surface area contributed by atoms with Crippen LogP contribution in [0.5, 0.6) is 5.75 Å². The highest BCUT2D eigenvalue weighted by Gasteiger charge is 2.28. The van der Waals surface area contributed by atoms with Gasteiger partial charge in [-0.1, -0.05) is 6.07 Å². The molecular weight excluding hydrogens is 304 g/mol. The van der Waals surface area contributed by atoms with Crippen LogP contribution in [0.4, 0.5) is 10.5 Å². The van der Waals surface area contributed by atoms with Crippen molar-refractivity contribution >= 4 is 11.7 Å². The van der Waals surface area contributed by atoms with Gasteiger partial charge in [0.05, 0.1) is 13.3 Å². The van der Waals surface area contributed by atoms with Gasteiger partial charge in [0.15, 0.2) is 0 Å². The predicted molar refractivity (Wildman–Crippen MR) is 93.6 cm³/mol. The lowest BCUT2D eigenvalue weighted by Crippen LogP contribution is -2.33. The summed E-state index contributed by atoms with van der Waals surface area (Å²) in [7, 11) is 3.57. The van der Waals surface area contributed by atoms with E-state index in [1.54, 1.807) is 11.8 Å². The van der Waals surface area contributed by atoms with Gasteiger partial charge in [-0.25, -0.2) is 4.79 Å². The maximum Gasteiger partial charge on any atom is 0.321 e. The van der Waals surface area contributed by atoms with Crippen molar-refractivity contribution in [1.82, 2.24) is 14.7 Å². The van der Waals surface area contributed by atoms with Crippen LogP contribution in [0, 0.1) is 13.8 Å². The number of methoxy groups -OCH3 is 1. The highest BCUT2D eigenvalue weighted by atomic mass is 16.5. The normalized spacial score (nSPS) is 17.2. The number of nitrogens with one attached hydrogen (secondary N) is 1. The van der Waals surface area contributed by atoms with E-state index >= 15 is 0 Å². The minimum Gasteiger partial charge on any atom is -0.496 e. The molecule has 0 unspecified atom stereocenters. The number of hydrogen-bond acceptors (Lipinski definition) is 3. The van der Waals surface area contributed by atoms with Gasteiger partial charge in [0.25, 0.3) is 0 Å². The van der Waals surface area contributed by atoms with E-state index in [9.17, 15) is 4.79 Å². The molecule has 1 aromatic carbocycles. The van der Waals surface area contributed by atoms with Crippen molar-refractivity contribution in [3.05, 3.63) is 41.2 Å². The second-order valence-electron chi connectivity index (χ2n) is 6.40. The van der Waals surface area contributed by atoms with Crippen molar-refractivity contribution in [3.63, 3.8) is 0 Å². The molecule has 2 aromatic rings. The van der Waals surface area contributed by atoms with Crippen LogP contribution in [-0.2, 0) is 7.05 Å². The maximum atomic E-state index is 12.6. The lowest BCUT2D eigenvalue weighted by atomic mass is 10.0. The monoisotopic (exact) mass is 328 g/mol. The number of anilines is 1. The van der Waals surface area contributed by atoms with Crippen LogP contribution in [0.25, 0.3) is 0 Å². The molecule has 2 heterocycles. The molecular formula is C18H24N4O2. The van der Waals surface area contributed by atoms with Gasteiger partial charge in [-0.05, 0) is 37.5 Å². The van der Waals surface area contributed by atoms with Gasteiger partial charge in [0.1, 0.15) is 5.75 Å². The van der Waals surface area contributed by atoms with Crippen molar-refractivity contribution in [3.8, 4) is 5.75 Å². The van der Waals surface area contributed by atoms with Gasteiger partial charge >= 0.3 is 6.03 Å². The fourth-order valence-corrected chi connectivity index (χ4v) is 3.34. The molecule has 2 amide bonds. The van der Waals surface area contributed by atoms with E-state index in [0.29, 0.717) is 5.92 Å². The van der Waals surface area contributed by atoms with Crippen LogP contribution in [0.3, 0.4) is 0 Å². The van der Waals surface area contributed by atoms with Gasteiger partial charge in [-0.2, -0.15) is 5.10 Å². The summed E-state index contributed by atoms with van der Waals surface area (Å²) in [6, 6.07) is 3.83. The molecule has 6 heteroatoms. The average molecular weight is 328 g/mol. The third-order valence-corrected chi connectivity index (χ3v) is 4.72. The fraction of sp³-hybridized carbons (Fsp3) is 0.444. The fourth-order valence-electron chi connectivity index (χ4n) is 3.34. The molecule has 1 N–H and O–H groups in total. The van der Waals surface area contributed by atoms with Crippen LogP contribution in [0.15, 0.2) is 24.5 Å². The molecule has 1 fully saturated rings. The van der Waals surface area contributed by atoms with Crippen molar-refractivity contribution in [2.24, 2.45) is 7.05 Å². The Hall–Kier alpha value is -2.50. The number of urea groups is 1. The zero-order valence-corrected chi connectivity index (χ0v) is 14.7. The van der Waals surface area contributed by atoms with Crippen LogP contribution in [0.2, 0.25) is 0 Å². The van der Waals surface area contributed by atoms with Crippen LogP contribution in [0.1, 0.15) is 29.0 Å². The van der Waals surface area contributed by atoms with Crippen molar-refractivity contribution in [1.29, 1.82) is 0 Å². The quantitative estimate of drug-likeness (QED) is 0.942. The van der Waals surface area contributed by atoms with E-state index in [2.05, 4.69) is 10.4 Å². The molecule has 24 heavy (non-hydrogen) atoms. The summed E-state index contributed by atoms with van der Waals surface area (Å²) in [5.74, 6) is 1.18. The van der Waals surface area contributed by atoms with Gasteiger partial charge in [0, 0.05) is 43.5 Å². The largest absolute Gasteiger partial charge is 0.496 e. The third-order valence-electron chi connectivity index (χ3n) is 4.72. The molecule has 0 spiro atoms. The molecule has 1 aromatic heterocycles. The third kappa shape index (κ3) is 3.09. The molecule has 1 aliphatic heterocycles. The van der Waals surface area contributed by atoms with E-state index < -0.39 is 0 Å². The molecule has 0 saturated carbocycles. The molecule has 1 atom stereocenters. The van der Waals surface area contributed by atoms with Crippen molar-refractivity contribution in [2.45, 2.75) is 26.2 Å². The first-order valence-electron chi connectivity index (χ1n) is 8.18. The summed E-state index contributed by atoms with van der Waals surface area (Å²) in [4.78, 5) is 14.5. The Morgan fingerprint density at radius 2 is 2.17 bits per heavy atom. The molecule has 128 valence electrons. The molecule has 6 nitrogen and oxygen atoms in total. The first-order valence-corrected chi connectivity index (χ1v) is 8.18. The lowest BCUT2D eigenvalue weighted by molar-refractivity contribution is 0.222. The first kappa shape index (κ1) is 16.4. The van der Waals surface area contributed by atoms with E-state index in [1.165, 1.54) is 5.56 Å². The zero-order chi connectivity index (χ0) is 17.3. The maximum absolute atomic E-state index is 12.6. The number of aromatic nitrogens is 2. The van der Waals surface area contributed by atoms with Crippen LogP contribution < -0.4 is 10.1 Å². The topological polar surface area (TPSA) is 59.4 Å². The van der Waals surface area contributed by atoms with E-state index in [-0.39, 0.29) is 6.03 Å². The Morgan fingerprint density at radius 1 is 1.38 bits per heavy atom. The summed E-state index contributed by atoms with van der Waals surface area (Å²) < 4.78 is 7.23. The predicted octanol–water partition coefficient (Wildman–Crippen LogP) is 3.07. The number of rotatable bonds is 3. The zero-order valence-electron chi connectivity index (χ0n) is 14.7. The molecule has 1 aliphatic rings. The highest BCUT2D eigenvalue weighted by Crippen LogP contribution is 2.31. The number of amides is 2. The highest BCUT2D eigenvalue weighted by molar-refractivity contribution is 5.91. The Kier molecular flexibility index (Phi) is 4.46. The summed E-state index contributed by atoms with van der Waals surface area (Å²) in [5, 5.41) is 7.24. The number of likely N-dealkylation sites (tertiary alicyclic amines) is 1. The number of benzene rings is 1. The number of carbonyl (C=O) groups excluding carboxylic acids is 1. The first-order chi connectivity index (χ1) is 11.5. The summed E-state index contributed by atoms with van der Waals surface area (Å²) in [6.07, 6.45) is 4.89. The number of ether oxygens (including phenoxy) is 1. The van der Waals surface area contributed by atoms with Crippen LogP contribution in [-0.4, -0.2) is 40.9 Å². The number of carbonyl (C=O) groups is 1. The standard InChI is InChI=1S/C18H24N4O2/c1-12-5-6-16(13(2)17(12)24-4)20-18(23)22-8-7-14(11-22)15-9-19-21(3)10-15/h5-6,9-10,14H,7-8,11H2,1-4H3,(H,20,23)/t14-/m0/s1. The number of hydrogen-bond donors (Lipinski definition) is 1. The van der Waals surface area contributed by atoms with Gasteiger partial charge in [-0.15, -0.1) is 0 Å². The summed E-state index contributed by atoms with van der Waals surface area (Å²) >= 11 is 0. The van der Waals surface area contributed by atoms with E-state index in [1.807, 2.05) is 50.3 Å². The van der Waals surface area contributed by atoms with Gasteiger partial charge < -0.3 is 15.0 Å². The number of aryl methyl sites for hydroxylation is 2. The van der Waals surface area contributed by atoms with E-state index in [4.69, 9.17) is 4.74 Å². The number of nitrogens with zero attached hydrogens (tertiary/aromatic N) is 3.